The summed E-state index contributed by atoms with van der Waals surface area (Å²) in [6.45, 7) is 3.54. The lowest BCUT2D eigenvalue weighted by Crippen LogP contribution is -2.38. The number of anilines is 2. The van der Waals surface area contributed by atoms with Crippen LogP contribution in [-0.2, 0) is 4.79 Å². The smallest absolute Gasteiger partial charge is 0.230 e. The highest BCUT2D eigenvalue weighted by atomic mass is 19.1. The van der Waals surface area contributed by atoms with Gasteiger partial charge in [0.1, 0.15) is 23.5 Å². The molecule has 0 bridgehead atoms. The van der Waals surface area contributed by atoms with Crippen molar-refractivity contribution >= 4 is 28.5 Å². The molecule has 2 aliphatic rings. The molecule has 41 heavy (non-hydrogen) atoms. The van der Waals surface area contributed by atoms with Gasteiger partial charge in [-0.25, -0.2) is 14.4 Å². The molecule has 3 aromatic heterocycles. The number of aryl methyl sites for hydroxylation is 1. The zero-order valence-corrected chi connectivity index (χ0v) is 22.5. The molecule has 1 aliphatic carbocycles. The zero-order chi connectivity index (χ0) is 27.9. The van der Waals surface area contributed by atoms with E-state index >= 15 is 0 Å². The topological polar surface area (TPSA) is 115 Å². The molecule has 5 aromatic rings. The fourth-order valence-corrected chi connectivity index (χ4v) is 5.63. The number of pyridine rings is 1. The summed E-state index contributed by atoms with van der Waals surface area (Å²) in [4.78, 5) is 25.5. The van der Waals surface area contributed by atoms with Gasteiger partial charge >= 0.3 is 0 Å². The van der Waals surface area contributed by atoms with E-state index in [9.17, 15) is 9.18 Å². The summed E-state index contributed by atoms with van der Waals surface area (Å²) in [6, 6.07) is 19.5. The second-order valence-electron chi connectivity index (χ2n) is 10.8. The first-order valence-electron chi connectivity index (χ1n) is 13.9. The predicted octanol–water partition coefficient (Wildman–Crippen LogP) is 4.99. The molecule has 1 aliphatic heterocycles. The fraction of sp³-hybridized carbons (Fsp3) is 0.333. The van der Waals surface area contributed by atoms with Crippen LogP contribution >= 0.6 is 0 Å². The van der Waals surface area contributed by atoms with Crippen LogP contribution in [0.2, 0.25) is 0 Å². The number of tetrazole rings is 1. The van der Waals surface area contributed by atoms with Crippen LogP contribution in [0.15, 0.2) is 71.3 Å². The Morgan fingerprint density at radius 1 is 1.10 bits per heavy atom. The first-order chi connectivity index (χ1) is 20.0. The van der Waals surface area contributed by atoms with Crippen molar-refractivity contribution in [2.24, 2.45) is 11.8 Å². The minimum atomic E-state index is -1.04. The minimum Gasteiger partial charge on any atom is -0.436 e. The van der Waals surface area contributed by atoms with Crippen molar-refractivity contribution in [3.63, 3.8) is 0 Å². The molecular formula is C30H29FN8O2. The van der Waals surface area contributed by atoms with Crippen molar-refractivity contribution in [1.29, 1.82) is 0 Å². The number of rotatable bonds is 7. The lowest BCUT2D eigenvalue weighted by molar-refractivity contribution is -0.117. The molecule has 0 spiro atoms. The molecule has 1 saturated heterocycles. The minimum absolute atomic E-state index is 0.0240. The Labute approximate surface area is 235 Å². The van der Waals surface area contributed by atoms with E-state index in [2.05, 4.69) is 59.9 Å². The van der Waals surface area contributed by atoms with Gasteiger partial charge in [0.05, 0.1) is 5.92 Å². The number of amides is 1. The van der Waals surface area contributed by atoms with Crippen LogP contribution in [0.25, 0.3) is 22.6 Å². The van der Waals surface area contributed by atoms with Gasteiger partial charge in [0.15, 0.2) is 11.4 Å². The van der Waals surface area contributed by atoms with E-state index in [4.69, 9.17) is 4.42 Å². The van der Waals surface area contributed by atoms with Crippen LogP contribution in [0.5, 0.6) is 0 Å². The normalized spacial score (nSPS) is 19.8. The molecule has 1 N–H and O–H groups in total. The van der Waals surface area contributed by atoms with E-state index < -0.39 is 12.1 Å². The van der Waals surface area contributed by atoms with Gasteiger partial charge in [0, 0.05) is 30.5 Å². The van der Waals surface area contributed by atoms with Crippen molar-refractivity contribution in [1.82, 2.24) is 30.2 Å². The first-order valence-corrected chi connectivity index (χ1v) is 13.9. The third kappa shape index (κ3) is 5.15. The van der Waals surface area contributed by atoms with Crippen molar-refractivity contribution in [3.8, 4) is 11.5 Å². The van der Waals surface area contributed by atoms with Crippen molar-refractivity contribution < 1.29 is 13.6 Å². The Balaban J connectivity index is 1.06. The van der Waals surface area contributed by atoms with Crippen LogP contribution in [0.1, 0.15) is 36.7 Å². The molecule has 10 nitrogen and oxygen atoms in total. The van der Waals surface area contributed by atoms with Gasteiger partial charge in [0.25, 0.3) is 0 Å². The van der Waals surface area contributed by atoms with Gasteiger partial charge in [-0.1, -0.05) is 30.3 Å². The fourth-order valence-electron chi connectivity index (χ4n) is 5.63. The lowest BCUT2D eigenvalue weighted by Gasteiger charge is -2.36. The van der Waals surface area contributed by atoms with Gasteiger partial charge in [-0.3, -0.25) is 4.79 Å². The molecule has 1 amide bonds. The summed E-state index contributed by atoms with van der Waals surface area (Å²) in [5.41, 5.74) is 3.80. The summed E-state index contributed by atoms with van der Waals surface area (Å²) in [6.07, 6.45) is 2.93. The van der Waals surface area contributed by atoms with Crippen molar-refractivity contribution in [2.45, 2.75) is 38.4 Å². The van der Waals surface area contributed by atoms with E-state index in [0.29, 0.717) is 34.4 Å². The van der Waals surface area contributed by atoms with Crippen LogP contribution in [0.3, 0.4) is 0 Å². The number of alkyl halides is 1. The van der Waals surface area contributed by atoms with E-state index in [1.165, 1.54) is 5.56 Å². The average Bonchev–Trinajstić information content (AvgIpc) is 3.36. The third-order valence-corrected chi connectivity index (χ3v) is 7.93. The number of carbonyl (C=O) groups excluding carboxylic acids is 1. The van der Waals surface area contributed by atoms with E-state index in [1.54, 1.807) is 29.2 Å². The maximum Gasteiger partial charge on any atom is 0.230 e. The molecule has 0 unspecified atom stereocenters. The van der Waals surface area contributed by atoms with Crippen LogP contribution < -0.4 is 10.2 Å². The number of halogens is 1. The number of carbonyl (C=O) groups is 1. The van der Waals surface area contributed by atoms with Gasteiger partial charge in [-0.15, -0.1) is 10.2 Å². The van der Waals surface area contributed by atoms with Gasteiger partial charge in [-0.2, -0.15) is 4.80 Å². The Morgan fingerprint density at radius 2 is 1.90 bits per heavy atom. The number of aromatic nitrogens is 6. The SMILES string of the molecule is Cc1nnn([C@@H](c2ccccc2)C2CCN(c3cc(-c4nc5cc(NC(=O)[C@@H]6C[C@@H]6F)ccc5o4)ccn3)CC2)n1. The van der Waals surface area contributed by atoms with Gasteiger partial charge in [0.2, 0.25) is 11.8 Å². The number of benzene rings is 2. The Hall–Kier alpha value is -4.67. The van der Waals surface area contributed by atoms with Crippen molar-refractivity contribution in [2.75, 3.05) is 23.3 Å². The van der Waals surface area contributed by atoms with E-state index in [1.807, 2.05) is 25.1 Å². The van der Waals surface area contributed by atoms with Crippen LogP contribution in [0.4, 0.5) is 15.9 Å². The summed E-state index contributed by atoms with van der Waals surface area (Å²) >= 11 is 0. The summed E-state index contributed by atoms with van der Waals surface area (Å²) < 4.78 is 19.3. The largest absolute Gasteiger partial charge is 0.436 e. The van der Waals surface area contributed by atoms with Gasteiger partial charge in [-0.05, 0) is 73.2 Å². The highest BCUT2D eigenvalue weighted by Crippen LogP contribution is 2.36. The Kier molecular flexibility index (Phi) is 6.41. The second-order valence-corrected chi connectivity index (χ2v) is 10.8. The number of nitrogens with one attached hydrogen (secondary N) is 1. The number of hydrogen-bond donors (Lipinski definition) is 1. The molecular weight excluding hydrogens is 523 g/mol. The number of piperidine rings is 1. The molecule has 2 fully saturated rings. The Bertz CT molecular complexity index is 1700. The van der Waals surface area contributed by atoms with Crippen LogP contribution in [0, 0.1) is 18.8 Å². The molecule has 3 atom stereocenters. The predicted molar refractivity (Wildman–Crippen MR) is 151 cm³/mol. The number of fused-ring (bicyclic) bond motifs is 1. The third-order valence-electron chi connectivity index (χ3n) is 7.93. The Morgan fingerprint density at radius 3 is 2.63 bits per heavy atom. The molecule has 2 aromatic carbocycles. The highest BCUT2D eigenvalue weighted by Gasteiger charge is 2.43. The maximum absolute atomic E-state index is 13.2. The standard InChI is InChI=1S/C30H29FN8O2/c1-18-35-37-39(36-18)28(19-5-3-2-4-6-19)20-10-13-38(14-11-20)27-15-21(9-12-32-27)30-34-25-16-22(7-8-26(25)41-30)33-29(40)23-17-24(23)31/h2-9,12,15-16,20,23-24,28H,10-11,13-14,17H2,1H3,(H,33,40)/t23-,24+,28+/m1/s1. The first kappa shape index (κ1) is 25.3. The number of hydrogen-bond acceptors (Lipinski definition) is 8. The number of oxazole rings is 1. The molecule has 208 valence electrons. The number of nitrogens with zero attached hydrogens (tertiary/aromatic N) is 7. The quantitative estimate of drug-likeness (QED) is 0.300. The summed E-state index contributed by atoms with van der Waals surface area (Å²) in [7, 11) is 0. The van der Waals surface area contributed by atoms with Gasteiger partial charge < -0.3 is 14.6 Å². The zero-order valence-electron chi connectivity index (χ0n) is 22.5. The van der Waals surface area contributed by atoms with E-state index in [0.717, 1.165) is 37.3 Å². The second kappa shape index (κ2) is 10.4. The molecule has 4 heterocycles. The lowest BCUT2D eigenvalue weighted by atomic mass is 9.85. The molecule has 11 heteroatoms. The molecule has 7 rings (SSSR count). The molecule has 0 radical (unpaired) electrons. The maximum atomic E-state index is 13.2. The monoisotopic (exact) mass is 552 g/mol. The summed E-state index contributed by atoms with van der Waals surface area (Å²) in [5.74, 6) is 1.51. The highest BCUT2D eigenvalue weighted by molar-refractivity contribution is 5.96. The molecule has 1 saturated carbocycles. The van der Waals surface area contributed by atoms with E-state index in [-0.39, 0.29) is 18.4 Å². The van der Waals surface area contributed by atoms with Crippen molar-refractivity contribution in [3.05, 3.63) is 78.2 Å². The summed E-state index contributed by atoms with van der Waals surface area (Å²) in [5, 5.41) is 15.8. The van der Waals surface area contributed by atoms with Crippen LogP contribution in [-0.4, -0.2) is 55.3 Å². The average molecular weight is 553 g/mol.